The van der Waals surface area contributed by atoms with E-state index >= 15 is 0 Å². The van der Waals surface area contributed by atoms with Crippen molar-refractivity contribution in [1.29, 1.82) is 0 Å². The third-order valence-electron chi connectivity index (χ3n) is 5.51. The van der Waals surface area contributed by atoms with Crippen molar-refractivity contribution in [2.75, 3.05) is 10.6 Å². The Kier molecular flexibility index (Phi) is 4.70. The lowest BCUT2D eigenvalue weighted by Gasteiger charge is -2.27. The molecule has 0 aliphatic carbocycles. The molecule has 7 nitrogen and oxygen atoms in total. The van der Waals surface area contributed by atoms with E-state index in [4.69, 9.17) is 4.99 Å². The van der Waals surface area contributed by atoms with Crippen LogP contribution in [-0.2, 0) is 0 Å². The number of anilines is 2. The molecule has 1 aliphatic rings. The van der Waals surface area contributed by atoms with Gasteiger partial charge in [-0.2, -0.15) is 0 Å². The molecule has 3 aromatic heterocycles. The van der Waals surface area contributed by atoms with E-state index < -0.39 is 0 Å². The first-order chi connectivity index (χ1) is 16.2. The van der Waals surface area contributed by atoms with Crippen molar-refractivity contribution >= 4 is 38.8 Å². The van der Waals surface area contributed by atoms with Crippen LogP contribution >= 0.6 is 11.3 Å². The number of pyridine rings is 2. The van der Waals surface area contributed by atoms with Crippen LogP contribution in [0.25, 0.3) is 21.3 Å². The van der Waals surface area contributed by atoms with Crippen LogP contribution < -0.4 is 15.5 Å². The molecule has 1 aliphatic heterocycles. The summed E-state index contributed by atoms with van der Waals surface area (Å²) < 4.78 is 0.903. The van der Waals surface area contributed by atoms with Gasteiger partial charge in [0, 0.05) is 52.9 Å². The average molecular weight is 451 g/mol. The Morgan fingerprint density at radius 2 is 1.70 bits per heavy atom. The van der Waals surface area contributed by atoms with Crippen LogP contribution in [0.15, 0.2) is 95.2 Å². The van der Waals surface area contributed by atoms with Gasteiger partial charge in [-0.1, -0.05) is 23.5 Å². The minimum Gasteiger partial charge on any atom is -0.360 e. The van der Waals surface area contributed by atoms with Crippen LogP contribution in [-0.4, -0.2) is 20.8 Å². The second-order valence-electron chi connectivity index (χ2n) is 7.66. The van der Waals surface area contributed by atoms with Gasteiger partial charge in [0.25, 0.3) is 0 Å². The molecule has 1 unspecified atom stereocenters. The topological polar surface area (TPSA) is 95.1 Å². The summed E-state index contributed by atoms with van der Waals surface area (Å²) in [5.74, 6) is 0.745. The molecule has 0 saturated carbocycles. The maximum Gasteiger partial charge on any atom is 0.305 e. The number of H-pyrrole nitrogens is 1. The molecule has 6 rings (SSSR count). The van der Waals surface area contributed by atoms with Gasteiger partial charge in [0.15, 0.2) is 0 Å². The molecule has 2 aromatic carbocycles. The number of rotatable bonds is 4. The van der Waals surface area contributed by atoms with Gasteiger partial charge in [-0.25, -0.2) is 4.99 Å². The molecular formula is C25H18N6OS. The van der Waals surface area contributed by atoms with Crippen molar-refractivity contribution in [1.82, 2.24) is 15.0 Å². The van der Waals surface area contributed by atoms with Gasteiger partial charge in [-0.3, -0.25) is 14.8 Å². The highest BCUT2D eigenvalue weighted by molar-refractivity contribution is 7.16. The first-order valence-electron chi connectivity index (χ1n) is 10.4. The largest absolute Gasteiger partial charge is 0.360 e. The Labute approximate surface area is 192 Å². The fraction of sp³-hybridized carbons (Fsp3) is 0.0400. The highest BCUT2D eigenvalue weighted by Crippen LogP contribution is 2.35. The molecule has 0 radical (unpaired) electrons. The Balaban J connectivity index is 1.44. The minimum absolute atomic E-state index is 0.0626. The van der Waals surface area contributed by atoms with E-state index in [1.165, 1.54) is 11.3 Å². The Hall–Kier alpha value is -4.30. The number of aromatic nitrogens is 3. The van der Waals surface area contributed by atoms with E-state index in [1.54, 1.807) is 18.6 Å². The zero-order valence-electron chi connectivity index (χ0n) is 17.3. The smallest absolute Gasteiger partial charge is 0.305 e. The summed E-state index contributed by atoms with van der Waals surface area (Å²) in [6.45, 7) is 0. The van der Waals surface area contributed by atoms with Crippen molar-refractivity contribution in [3.8, 4) is 11.1 Å². The fourth-order valence-electron chi connectivity index (χ4n) is 3.93. The number of amidine groups is 1. The summed E-state index contributed by atoms with van der Waals surface area (Å²) in [7, 11) is 0. The van der Waals surface area contributed by atoms with Crippen LogP contribution in [0.1, 0.15) is 17.3 Å². The number of hydrogen-bond acceptors (Lipinski definition) is 7. The normalized spacial score (nSPS) is 14.9. The molecule has 0 amide bonds. The van der Waals surface area contributed by atoms with E-state index in [-0.39, 0.29) is 11.0 Å². The van der Waals surface area contributed by atoms with Crippen LogP contribution in [0.3, 0.4) is 0 Å². The molecule has 4 heterocycles. The zero-order valence-corrected chi connectivity index (χ0v) is 18.1. The second kappa shape index (κ2) is 7.99. The van der Waals surface area contributed by atoms with E-state index in [2.05, 4.69) is 43.8 Å². The van der Waals surface area contributed by atoms with Crippen LogP contribution in [0.5, 0.6) is 0 Å². The molecule has 0 saturated heterocycles. The summed E-state index contributed by atoms with van der Waals surface area (Å²) >= 11 is 1.20. The van der Waals surface area contributed by atoms with Crippen molar-refractivity contribution in [2.24, 2.45) is 4.99 Å². The number of benzene rings is 2. The first-order valence-corrected chi connectivity index (χ1v) is 11.2. The van der Waals surface area contributed by atoms with Gasteiger partial charge < -0.3 is 15.6 Å². The van der Waals surface area contributed by atoms with Crippen LogP contribution in [0, 0.1) is 0 Å². The number of fused-ring (bicyclic) bond motifs is 2. The van der Waals surface area contributed by atoms with Gasteiger partial charge in [-0.15, -0.1) is 0 Å². The molecule has 160 valence electrons. The molecule has 0 spiro atoms. The van der Waals surface area contributed by atoms with Crippen molar-refractivity contribution in [2.45, 2.75) is 6.17 Å². The molecule has 5 aromatic rings. The second-order valence-corrected chi connectivity index (χ2v) is 8.68. The van der Waals surface area contributed by atoms with Gasteiger partial charge in [0.1, 0.15) is 12.0 Å². The molecular weight excluding hydrogens is 432 g/mol. The average Bonchev–Trinajstić information content (AvgIpc) is 3.24. The molecule has 0 fully saturated rings. The summed E-state index contributed by atoms with van der Waals surface area (Å²) in [5, 5.41) is 6.99. The summed E-state index contributed by atoms with van der Waals surface area (Å²) in [4.78, 5) is 28.0. The first kappa shape index (κ1) is 19.4. The Bertz CT molecular complexity index is 1540. The lowest BCUT2D eigenvalue weighted by Crippen LogP contribution is -2.25. The number of nitrogens with zero attached hydrogens (tertiary/aromatic N) is 3. The maximum atomic E-state index is 11.7. The number of hydrogen-bond donors (Lipinski definition) is 3. The summed E-state index contributed by atoms with van der Waals surface area (Å²) in [5.41, 5.74) is 6.73. The molecule has 1 atom stereocenters. The molecule has 33 heavy (non-hydrogen) atoms. The zero-order chi connectivity index (χ0) is 22.2. The quantitative estimate of drug-likeness (QED) is 0.357. The number of thiazole rings is 1. The van der Waals surface area contributed by atoms with Crippen molar-refractivity contribution in [3.63, 3.8) is 0 Å². The van der Waals surface area contributed by atoms with E-state index in [9.17, 15) is 4.79 Å². The monoisotopic (exact) mass is 450 g/mol. The van der Waals surface area contributed by atoms with Gasteiger partial charge in [0.05, 0.1) is 10.2 Å². The Morgan fingerprint density at radius 3 is 2.48 bits per heavy atom. The molecule has 8 heteroatoms. The van der Waals surface area contributed by atoms with E-state index in [0.717, 1.165) is 49.7 Å². The highest BCUT2D eigenvalue weighted by Gasteiger charge is 2.23. The standard InChI is InChI=1S/C25H18N6OS/c32-25-30-21-8-6-18(12-22(21)33-25)28-24-19-11-15(16-3-1-9-26-13-16)5-7-20(19)29-23(31-24)17-4-2-10-27-14-17/h1-14,24,28H,(H,29,31)(H,30,32). The SMILES string of the molecule is O=c1[nH]c2ccc(NC3N=C(c4cccnc4)Nc4ccc(-c5cccnc5)cc43)cc2s1. The minimum atomic E-state index is -0.332. The fourth-order valence-corrected chi connectivity index (χ4v) is 4.70. The van der Waals surface area contributed by atoms with Gasteiger partial charge in [0.2, 0.25) is 0 Å². The van der Waals surface area contributed by atoms with Crippen molar-refractivity contribution < 1.29 is 0 Å². The third kappa shape index (κ3) is 3.77. The predicted molar refractivity (Wildman–Crippen MR) is 133 cm³/mol. The highest BCUT2D eigenvalue weighted by atomic mass is 32.1. The lowest BCUT2D eigenvalue weighted by molar-refractivity contribution is 0.830. The van der Waals surface area contributed by atoms with Gasteiger partial charge in [-0.05, 0) is 54.1 Å². The Morgan fingerprint density at radius 1 is 0.879 bits per heavy atom. The van der Waals surface area contributed by atoms with Gasteiger partial charge >= 0.3 is 4.87 Å². The summed E-state index contributed by atoms with van der Waals surface area (Å²) in [6.07, 6.45) is 6.83. The van der Waals surface area contributed by atoms with E-state index in [1.807, 2.05) is 48.7 Å². The van der Waals surface area contributed by atoms with Crippen molar-refractivity contribution in [3.05, 3.63) is 106 Å². The number of nitrogens with one attached hydrogen (secondary N) is 3. The third-order valence-corrected chi connectivity index (χ3v) is 6.36. The maximum absolute atomic E-state index is 11.7. The molecule has 3 N–H and O–H groups in total. The molecule has 0 bridgehead atoms. The number of aromatic amines is 1. The lowest BCUT2D eigenvalue weighted by atomic mass is 9.99. The van der Waals surface area contributed by atoms with Crippen LogP contribution in [0.2, 0.25) is 0 Å². The number of aliphatic imine (C=N–C) groups is 1. The summed E-state index contributed by atoms with van der Waals surface area (Å²) in [6, 6.07) is 20.0. The predicted octanol–water partition coefficient (Wildman–Crippen LogP) is 5.03. The van der Waals surface area contributed by atoms with E-state index in [0.29, 0.717) is 0 Å². The van der Waals surface area contributed by atoms with Crippen LogP contribution in [0.4, 0.5) is 11.4 Å².